The van der Waals surface area contributed by atoms with Gasteiger partial charge in [-0.25, -0.2) is 14.4 Å². The Morgan fingerprint density at radius 3 is 1.93 bits per heavy atom. The minimum atomic E-state index is -1.04. The molecule has 0 heterocycles. The highest BCUT2D eigenvalue weighted by molar-refractivity contribution is 5.82. The number of rotatable bonds is 11. The first-order valence-corrected chi connectivity index (χ1v) is 8.73. The van der Waals surface area contributed by atoms with Crippen LogP contribution in [0.2, 0.25) is 0 Å². The maximum Gasteiger partial charge on any atom is 0.408 e. The Labute approximate surface area is 159 Å². The molecule has 0 aromatic rings. The third kappa shape index (κ3) is 10.9. The van der Waals surface area contributed by atoms with Crippen LogP contribution in [0.15, 0.2) is 12.2 Å². The first kappa shape index (κ1) is 24.4. The molecule has 0 aliphatic rings. The Morgan fingerprint density at radius 1 is 1.00 bits per heavy atom. The van der Waals surface area contributed by atoms with Gasteiger partial charge in [0.25, 0.3) is 0 Å². The predicted molar refractivity (Wildman–Crippen MR) is 97.8 cm³/mol. The smallest absolute Gasteiger partial charge is 0.408 e. The van der Waals surface area contributed by atoms with E-state index in [0.717, 1.165) is 0 Å². The summed E-state index contributed by atoms with van der Waals surface area (Å²) in [6.45, 7) is 12.5. The van der Waals surface area contributed by atoms with Gasteiger partial charge in [0.15, 0.2) is 0 Å². The lowest BCUT2D eigenvalue weighted by atomic mass is 10.0. The molecule has 2 atom stereocenters. The number of carbonyl (C=O) groups excluding carboxylic acids is 4. The zero-order valence-electron chi connectivity index (χ0n) is 16.6. The van der Waals surface area contributed by atoms with Crippen molar-refractivity contribution in [2.24, 2.45) is 0 Å². The summed E-state index contributed by atoms with van der Waals surface area (Å²) in [6.07, 6.45) is -0.337. The van der Waals surface area contributed by atoms with Crippen molar-refractivity contribution in [2.45, 2.75) is 65.1 Å². The molecule has 2 amide bonds. The summed E-state index contributed by atoms with van der Waals surface area (Å²) in [5.74, 6) is -1.26. The molecule has 0 spiro atoms. The first-order chi connectivity index (χ1) is 12.5. The van der Waals surface area contributed by atoms with Crippen LogP contribution in [-0.2, 0) is 28.6 Å². The highest BCUT2D eigenvalue weighted by Crippen LogP contribution is 2.14. The molecule has 0 saturated heterocycles. The molecule has 9 nitrogen and oxygen atoms in total. The van der Waals surface area contributed by atoms with Crippen LogP contribution in [0.25, 0.3) is 0 Å². The molecule has 0 bridgehead atoms. The van der Waals surface area contributed by atoms with E-state index >= 15 is 0 Å². The van der Waals surface area contributed by atoms with Crippen LogP contribution in [0.4, 0.5) is 4.79 Å². The highest BCUT2D eigenvalue weighted by atomic mass is 16.6. The minimum Gasteiger partial charge on any atom is -0.464 e. The molecular weight excluding hydrogens is 356 g/mol. The van der Waals surface area contributed by atoms with Crippen LogP contribution >= 0.6 is 0 Å². The molecule has 2 unspecified atom stereocenters. The monoisotopic (exact) mass is 386 g/mol. The minimum absolute atomic E-state index is 0.00845. The van der Waals surface area contributed by atoms with Gasteiger partial charge in [-0.1, -0.05) is 12.2 Å². The second kappa shape index (κ2) is 11.9. The van der Waals surface area contributed by atoms with Crippen LogP contribution in [0, 0.1) is 0 Å². The number of alkyl carbamates (subject to hydrolysis) is 1. The summed E-state index contributed by atoms with van der Waals surface area (Å²) in [7, 11) is 0. The standard InChI is InChI=1S/C18H30N2O7/c1-7-25-15(22)13(19-11-21)9-12(3)10-14(16(23)26-8-2)20-17(24)27-18(4,5)6/h11,13-14H,3,7-10H2,1-2,4-6H3,(H,19,21)(H,20,24). The van der Waals surface area contributed by atoms with Crippen molar-refractivity contribution in [3.63, 3.8) is 0 Å². The maximum absolute atomic E-state index is 12.1. The van der Waals surface area contributed by atoms with E-state index in [2.05, 4.69) is 17.2 Å². The van der Waals surface area contributed by atoms with Crippen molar-refractivity contribution >= 4 is 24.4 Å². The van der Waals surface area contributed by atoms with Crippen molar-refractivity contribution in [2.75, 3.05) is 13.2 Å². The third-order valence-electron chi connectivity index (χ3n) is 3.09. The molecule has 0 rings (SSSR count). The van der Waals surface area contributed by atoms with E-state index in [0.29, 0.717) is 12.0 Å². The normalized spacial score (nSPS) is 12.9. The summed E-state index contributed by atoms with van der Waals surface area (Å²) in [5, 5.41) is 4.80. The lowest BCUT2D eigenvalue weighted by Crippen LogP contribution is -2.45. The van der Waals surface area contributed by atoms with Crippen molar-refractivity contribution in [1.82, 2.24) is 10.6 Å². The third-order valence-corrected chi connectivity index (χ3v) is 3.09. The lowest BCUT2D eigenvalue weighted by molar-refractivity contribution is -0.146. The Morgan fingerprint density at radius 2 is 1.48 bits per heavy atom. The number of hydrogen-bond acceptors (Lipinski definition) is 7. The second-order valence-electron chi connectivity index (χ2n) is 6.70. The van der Waals surface area contributed by atoms with E-state index in [1.54, 1.807) is 34.6 Å². The zero-order valence-corrected chi connectivity index (χ0v) is 16.6. The van der Waals surface area contributed by atoms with Gasteiger partial charge in [-0.05, 0) is 47.5 Å². The average Bonchev–Trinajstić information content (AvgIpc) is 2.52. The van der Waals surface area contributed by atoms with Crippen molar-refractivity contribution in [3.8, 4) is 0 Å². The Hall–Kier alpha value is -2.58. The first-order valence-electron chi connectivity index (χ1n) is 8.73. The molecule has 0 saturated carbocycles. The molecule has 0 aromatic carbocycles. The van der Waals surface area contributed by atoms with Gasteiger partial charge in [0.1, 0.15) is 17.7 Å². The van der Waals surface area contributed by atoms with Crippen LogP contribution in [0.3, 0.4) is 0 Å². The number of carbonyl (C=O) groups is 4. The van der Waals surface area contributed by atoms with Gasteiger partial charge in [-0.2, -0.15) is 0 Å². The molecule has 0 radical (unpaired) electrons. The van der Waals surface area contributed by atoms with Crippen molar-refractivity contribution in [1.29, 1.82) is 0 Å². The average molecular weight is 386 g/mol. The Kier molecular flexibility index (Phi) is 10.8. The number of hydrogen-bond donors (Lipinski definition) is 2. The highest BCUT2D eigenvalue weighted by Gasteiger charge is 2.28. The lowest BCUT2D eigenvalue weighted by Gasteiger charge is -2.24. The molecule has 27 heavy (non-hydrogen) atoms. The predicted octanol–water partition coefficient (Wildman–Crippen LogP) is 1.46. The number of amides is 2. The van der Waals surface area contributed by atoms with Gasteiger partial charge in [-0.15, -0.1) is 0 Å². The Balaban J connectivity index is 5.04. The fraction of sp³-hybridized carbons (Fsp3) is 0.667. The van der Waals surface area contributed by atoms with E-state index in [1.165, 1.54) is 0 Å². The molecular formula is C18H30N2O7. The topological polar surface area (TPSA) is 120 Å². The fourth-order valence-corrected chi connectivity index (χ4v) is 2.08. The van der Waals surface area contributed by atoms with E-state index in [9.17, 15) is 19.2 Å². The van der Waals surface area contributed by atoms with Gasteiger partial charge < -0.3 is 24.8 Å². The van der Waals surface area contributed by atoms with Crippen LogP contribution in [0.1, 0.15) is 47.5 Å². The fourth-order valence-electron chi connectivity index (χ4n) is 2.08. The molecule has 0 aliphatic carbocycles. The van der Waals surface area contributed by atoms with Crippen LogP contribution in [-0.4, -0.2) is 55.3 Å². The summed E-state index contributed by atoms with van der Waals surface area (Å²) >= 11 is 0. The number of esters is 2. The Bertz CT molecular complexity index is 540. The zero-order chi connectivity index (χ0) is 21.0. The van der Waals surface area contributed by atoms with Gasteiger partial charge >= 0.3 is 18.0 Å². The molecule has 0 fully saturated rings. The van der Waals surface area contributed by atoms with E-state index in [1.807, 2.05) is 0 Å². The molecule has 9 heteroatoms. The van der Waals surface area contributed by atoms with E-state index in [4.69, 9.17) is 14.2 Å². The summed E-state index contributed by atoms with van der Waals surface area (Å²) in [6, 6.07) is -1.97. The molecule has 154 valence electrons. The summed E-state index contributed by atoms with van der Waals surface area (Å²) in [4.78, 5) is 46.7. The SMILES string of the molecule is C=C(CC(NC=O)C(=O)OCC)CC(NC(=O)OC(C)(C)C)C(=O)OCC. The molecule has 0 aliphatic heterocycles. The number of nitrogens with one attached hydrogen (secondary N) is 2. The number of ether oxygens (including phenoxy) is 3. The quantitative estimate of drug-likeness (QED) is 0.239. The maximum atomic E-state index is 12.1. The van der Waals surface area contributed by atoms with Gasteiger partial charge in [0.05, 0.1) is 13.2 Å². The van der Waals surface area contributed by atoms with Gasteiger partial charge in [0, 0.05) is 0 Å². The summed E-state index contributed by atoms with van der Waals surface area (Å²) < 4.78 is 15.0. The van der Waals surface area contributed by atoms with E-state index < -0.39 is 35.7 Å². The van der Waals surface area contributed by atoms with Gasteiger partial charge in [-0.3, -0.25) is 4.79 Å². The van der Waals surface area contributed by atoms with Gasteiger partial charge in [0.2, 0.25) is 6.41 Å². The van der Waals surface area contributed by atoms with Crippen LogP contribution in [0.5, 0.6) is 0 Å². The van der Waals surface area contributed by atoms with Crippen LogP contribution < -0.4 is 10.6 Å². The largest absolute Gasteiger partial charge is 0.464 e. The van der Waals surface area contributed by atoms with Crippen molar-refractivity contribution in [3.05, 3.63) is 12.2 Å². The molecule has 2 N–H and O–H groups in total. The summed E-state index contributed by atoms with van der Waals surface area (Å²) in [5.41, 5.74) is -0.292. The molecule has 0 aromatic heterocycles. The van der Waals surface area contributed by atoms with E-state index in [-0.39, 0.29) is 26.1 Å². The second-order valence-corrected chi connectivity index (χ2v) is 6.70. The van der Waals surface area contributed by atoms with Crippen molar-refractivity contribution < 1.29 is 33.4 Å².